The predicted molar refractivity (Wildman–Crippen MR) is 221 cm³/mol. The first-order valence-corrected chi connectivity index (χ1v) is 22.2. The normalized spacial score (nSPS) is 19.8. The van der Waals surface area contributed by atoms with Crippen molar-refractivity contribution in [3.8, 4) is 0 Å². The molecule has 0 bridgehead atoms. The molecular weight excluding hydrogens is 773 g/mol. The van der Waals surface area contributed by atoms with Crippen molar-refractivity contribution in [1.82, 2.24) is 0 Å². The van der Waals surface area contributed by atoms with Crippen molar-refractivity contribution in [1.29, 1.82) is 0 Å². The monoisotopic (exact) mass is 818 g/mol. The topological polar surface area (TPSA) is 114 Å². The average molecular weight is 819 g/mol. The summed E-state index contributed by atoms with van der Waals surface area (Å²) in [7, 11) is -9.41. The Hall–Kier alpha value is -4.98. The molecule has 5 atom stereocenters. The Bertz CT molecular complexity index is 2280. The minimum Gasteiger partial charge on any atom is -0.374 e. The molecule has 0 spiro atoms. The Labute approximate surface area is 341 Å². The summed E-state index contributed by atoms with van der Waals surface area (Å²) in [6, 6.07) is 53.2. The third-order valence-electron chi connectivity index (χ3n) is 9.94. The van der Waals surface area contributed by atoms with E-state index in [9.17, 15) is 0 Å². The Morgan fingerprint density at radius 1 is 0.414 bits per heavy atom. The van der Waals surface area contributed by atoms with Gasteiger partial charge in [0.05, 0.1) is 42.8 Å². The van der Waals surface area contributed by atoms with Gasteiger partial charge in [0, 0.05) is 0 Å². The van der Waals surface area contributed by atoms with Gasteiger partial charge in [-0.15, -0.1) is 0 Å². The van der Waals surface area contributed by atoms with Gasteiger partial charge in [0.2, 0.25) is 0 Å². The van der Waals surface area contributed by atoms with Crippen LogP contribution in [-0.2, 0) is 69.8 Å². The van der Waals surface area contributed by atoms with Gasteiger partial charge < -0.3 is 23.7 Å². The summed E-state index contributed by atoms with van der Waals surface area (Å²) in [6.07, 6.45) is -5.86. The molecule has 0 radical (unpaired) electrons. The molecule has 1 saturated heterocycles. The molecule has 6 aromatic rings. The van der Waals surface area contributed by atoms with E-state index >= 15 is 16.8 Å². The minimum atomic E-state index is -4.70. The van der Waals surface area contributed by atoms with E-state index in [1.807, 2.05) is 121 Å². The maximum absolute atomic E-state index is 15.0. The highest BCUT2D eigenvalue weighted by Crippen LogP contribution is 2.39. The van der Waals surface area contributed by atoms with Crippen LogP contribution >= 0.6 is 0 Å². The van der Waals surface area contributed by atoms with Crippen LogP contribution in [0.2, 0.25) is 0 Å². The zero-order chi connectivity index (χ0) is 40.2. The van der Waals surface area contributed by atoms with Crippen LogP contribution in [0.4, 0.5) is 0 Å². The van der Waals surface area contributed by atoms with Crippen LogP contribution in [0, 0.1) is 0 Å². The maximum atomic E-state index is 15.0. The molecule has 0 saturated carbocycles. The number of rotatable bonds is 18. The first-order chi connectivity index (χ1) is 28.3. The zero-order valence-corrected chi connectivity index (χ0v) is 33.4. The second-order valence-electron chi connectivity index (χ2n) is 14.0. The van der Waals surface area contributed by atoms with Crippen molar-refractivity contribution < 1.29 is 40.5 Å². The van der Waals surface area contributed by atoms with E-state index in [0.29, 0.717) is 0 Å². The summed E-state index contributed by atoms with van der Waals surface area (Å²) >= 11 is 0. The van der Waals surface area contributed by atoms with Crippen LogP contribution in [0.5, 0.6) is 0 Å². The van der Waals surface area contributed by atoms with E-state index in [-0.39, 0.29) is 42.8 Å². The molecule has 7 rings (SSSR count). The molecular formula is C47H46O9S2. The van der Waals surface area contributed by atoms with Gasteiger partial charge in [-0.3, -0.25) is 0 Å². The molecule has 9 nitrogen and oxygen atoms in total. The largest absolute Gasteiger partial charge is 0.374 e. The zero-order valence-electron chi connectivity index (χ0n) is 31.8. The van der Waals surface area contributed by atoms with E-state index < -0.39 is 54.8 Å². The van der Waals surface area contributed by atoms with E-state index in [4.69, 9.17) is 23.7 Å². The van der Waals surface area contributed by atoms with Crippen molar-refractivity contribution in [2.75, 3.05) is 6.61 Å². The number of sulfone groups is 2. The molecule has 6 aromatic carbocycles. The van der Waals surface area contributed by atoms with Gasteiger partial charge >= 0.3 is 0 Å². The maximum Gasteiger partial charge on any atom is 0.200 e. The summed E-state index contributed by atoms with van der Waals surface area (Å²) in [5.41, 5.74) is 3.42. The Morgan fingerprint density at radius 2 is 0.741 bits per heavy atom. The number of ether oxygens (including phenoxy) is 5. The standard InChI is InChI=1S/C47H46O9S2/c48-57(49,40-27-15-5-16-28-40)47(58(50,51)41-29-17-6-18-30-41)46-45(55-34-39-25-13-4-14-26-39)44(54-33-38-23-11-3-12-24-38)43(53-32-37-21-9-2-10-22-37)42(56-46)35-52-31-36-19-7-1-8-20-36/h1-30,42-47H,31-35H2/t42-,43-,44+,45-,46-/m1/s1. The first-order valence-electron chi connectivity index (χ1n) is 19.1. The van der Waals surface area contributed by atoms with E-state index in [2.05, 4.69) is 0 Å². The molecule has 1 aliphatic rings. The highest BCUT2D eigenvalue weighted by molar-refractivity contribution is 8.09. The smallest absolute Gasteiger partial charge is 0.200 e. The third-order valence-corrected chi connectivity index (χ3v) is 15.1. The van der Waals surface area contributed by atoms with Gasteiger partial charge in [-0.2, -0.15) is 0 Å². The van der Waals surface area contributed by atoms with Crippen LogP contribution in [0.1, 0.15) is 22.3 Å². The van der Waals surface area contributed by atoms with Crippen molar-refractivity contribution >= 4 is 19.7 Å². The molecule has 1 aliphatic heterocycles. The summed E-state index contributed by atoms with van der Waals surface area (Å²) < 4.78 is 91.4. The molecule has 1 heterocycles. The highest BCUT2D eigenvalue weighted by atomic mass is 32.3. The molecule has 11 heteroatoms. The summed E-state index contributed by atoms with van der Waals surface area (Å²) in [6.45, 7) is 0.382. The summed E-state index contributed by atoms with van der Waals surface area (Å²) in [5.74, 6) is 0. The number of hydrogen-bond acceptors (Lipinski definition) is 9. The van der Waals surface area contributed by atoms with Gasteiger partial charge in [0.25, 0.3) is 0 Å². The highest BCUT2D eigenvalue weighted by Gasteiger charge is 2.58. The van der Waals surface area contributed by atoms with E-state index in [1.54, 1.807) is 36.4 Å². The van der Waals surface area contributed by atoms with Crippen LogP contribution in [0.15, 0.2) is 192 Å². The van der Waals surface area contributed by atoms with Gasteiger partial charge in [-0.05, 0) is 46.5 Å². The van der Waals surface area contributed by atoms with Gasteiger partial charge in [-0.1, -0.05) is 158 Å². The molecule has 0 N–H and O–H groups in total. The first kappa shape index (κ1) is 41.2. The molecule has 0 amide bonds. The fraction of sp³-hybridized carbons (Fsp3) is 0.234. The summed E-state index contributed by atoms with van der Waals surface area (Å²) in [5, 5.41) is 0. The fourth-order valence-electron chi connectivity index (χ4n) is 7.05. The van der Waals surface area contributed by atoms with Gasteiger partial charge in [0.15, 0.2) is 24.3 Å². The molecule has 1 fully saturated rings. The SMILES string of the molecule is O=S(=O)(c1ccccc1)C([C@@H]1O[C@H](COCc2ccccc2)[C@@H](OCc2ccccc2)[C@H](OCc2ccccc2)[C@H]1OCc1ccccc1)S(=O)(=O)c1ccccc1. The van der Waals surface area contributed by atoms with Crippen LogP contribution < -0.4 is 0 Å². The molecule has 0 aliphatic carbocycles. The van der Waals surface area contributed by atoms with Crippen molar-refractivity contribution in [2.24, 2.45) is 0 Å². The second-order valence-corrected chi connectivity index (χ2v) is 18.4. The van der Waals surface area contributed by atoms with Crippen LogP contribution in [0.25, 0.3) is 0 Å². The Balaban J connectivity index is 1.37. The van der Waals surface area contributed by atoms with E-state index in [0.717, 1.165) is 22.3 Å². The molecule has 0 unspecified atom stereocenters. The number of benzene rings is 6. The Kier molecular flexibility index (Phi) is 14.0. The lowest BCUT2D eigenvalue weighted by Gasteiger charge is -2.47. The van der Waals surface area contributed by atoms with E-state index in [1.165, 1.54) is 24.3 Å². The quantitative estimate of drug-likeness (QED) is 0.0852. The lowest BCUT2D eigenvalue weighted by molar-refractivity contribution is -0.269. The average Bonchev–Trinajstić information content (AvgIpc) is 3.27. The van der Waals surface area contributed by atoms with Crippen molar-refractivity contribution in [3.63, 3.8) is 0 Å². The minimum absolute atomic E-state index is 0.000627. The van der Waals surface area contributed by atoms with Crippen molar-refractivity contribution in [2.45, 2.75) is 71.3 Å². The van der Waals surface area contributed by atoms with Crippen molar-refractivity contribution in [3.05, 3.63) is 204 Å². The van der Waals surface area contributed by atoms with Gasteiger partial charge in [0.1, 0.15) is 30.5 Å². The van der Waals surface area contributed by atoms with Gasteiger partial charge in [-0.25, -0.2) is 16.8 Å². The predicted octanol–water partition coefficient (Wildman–Crippen LogP) is 8.00. The molecule has 300 valence electrons. The summed E-state index contributed by atoms with van der Waals surface area (Å²) in [4.78, 5) is -0.350. The number of hydrogen-bond donors (Lipinski definition) is 0. The molecule has 0 aromatic heterocycles. The second kappa shape index (κ2) is 19.6. The fourth-order valence-corrected chi connectivity index (χ4v) is 11.8. The Morgan fingerprint density at radius 3 is 1.14 bits per heavy atom. The van der Waals surface area contributed by atoms with Crippen LogP contribution in [-0.4, -0.2) is 58.5 Å². The lowest BCUT2D eigenvalue weighted by Crippen LogP contribution is -2.65. The molecule has 58 heavy (non-hydrogen) atoms. The lowest BCUT2D eigenvalue weighted by atomic mass is 9.94. The third kappa shape index (κ3) is 10.2. The van der Waals surface area contributed by atoms with Crippen LogP contribution in [0.3, 0.4) is 0 Å².